The minimum absolute atomic E-state index is 0.00817. The SMILES string of the molecule is C=C/C=C(C)\C(=C/C)NC(=O)OCCOC(=O)C(=C)C.C=C/C=C(C)\C(=C/C)NC(=O)OCCOC(=O)C(=C)C.CNC(=O)C(C)(C)OC(C)CC(C)C.CNC(=O)O. The number of allylic oxidation sites excluding steroid dienone is 8. The summed E-state index contributed by atoms with van der Waals surface area (Å²) < 4.78 is 25.0. The monoisotopic (exact) mass is 834 g/mol. The number of hydrogen-bond acceptors (Lipinski definition) is 11. The summed E-state index contributed by atoms with van der Waals surface area (Å²) >= 11 is 0. The highest BCUT2D eigenvalue weighted by atomic mass is 16.6. The van der Waals surface area contributed by atoms with Crippen molar-refractivity contribution in [2.75, 3.05) is 40.5 Å². The molecule has 0 radical (unpaired) electrons. The molecule has 4 amide bonds. The van der Waals surface area contributed by atoms with E-state index >= 15 is 0 Å². The quantitative estimate of drug-likeness (QED) is 0.0280. The Morgan fingerprint density at radius 2 is 1.00 bits per heavy atom. The standard InChI is InChI=1S/2C15H21NO4.C11H23NO2.C2H5NO2/c2*1-6-8-12(5)13(7-2)16-15(18)20-10-9-19-14(17)11(3)4;1-8(2)7-9(3)14-11(4,5)10(13)12-6;1-3-2(4)5/h2*6-8H,1,3,9-10H2,2,4-5H3,(H,16,18);8-9H,7H2,1-6H3,(H,12,13);3H,1H3,(H,4,5)/b2*12-8-,13-7+;;. The van der Waals surface area contributed by atoms with Gasteiger partial charge in [-0.1, -0.05) is 76.6 Å². The molecule has 0 aliphatic heterocycles. The van der Waals surface area contributed by atoms with Gasteiger partial charge in [-0.25, -0.2) is 24.0 Å². The van der Waals surface area contributed by atoms with Crippen molar-refractivity contribution in [2.24, 2.45) is 5.92 Å². The van der Waals surface area contributed by atoms with Gasteiger partial charge in [0.15, 0.2) is 0 Å². The normalized spacial score (nSPS) is 11.8. The van der Waals surface area contributed by atoms with E-state index in [1.165, 1.54) is 7.05 Å². The molecule has 0 aromatic rings. The van der Waals surface area contributed by atoms with Gasteiger partial charge in [-0.15, -0.1) is 0 Å². The smallest absolute Gasteiger partial charge is 0.411 e. The lowest BCUT2D eigenvalue weighted by Crippen LogP contribution is -2.44. The fraction of sp³-hybridized carbons (Fsp3) is 0.488. The first-order valence-corrected chi connectivity index (χ1v) is 18.7. The van der Waals surface area contributed by atoms with Crippen LogP contribution in [0.3, 0.4) is 0 Å². The first-order chi connectivity index (χ1) is 27.4. The molecular weight excluding hydrogens is 764 g/mol. The summed E-state index contributed by atoms with van der Waals surface area (Å²) in [5, 5.41) is 17.3. The number of amides is 4. The molecule has 0 saturated carbocycles. The molecule has 0 saturated heterocycles. The molecule has 0 rings (SSSR count). The molecule has 0 aliphatic rings. The third-order valence-corrected chi connectivity index (χ3v) is 6.72. The first kappa shape index (κ1) is 59.8. The average molecular weight is 835 g/mol. The zero-order valence-corrected chi connectivity index (χ0v) is 37.4. The molecular formula is C43H70N4O12. The maximum atomic E-state index is 11.5. The van der Waals surface area contributed by atoms with Crippen molar-refractivity contribution in [3.05, 3.63) is 96.5 Å². The number of ether oxygens (including phenoxy) is 5. The highest BCUT2D eigenvalue weighted by Crippen LogP contribution is 2.17. The minimum atomic E-state index is -0.995. The molecule has 0 aromatic carbocycles. The van der Waals surface area contributed by atoms with Gasteiger partial charge in [0.05, 0.1) is 6.10 Å². The van der Waals surface area contributed by atoms with Crippen LogP contribution in [0.15, 0.2) is 96.5 Å². The topological polar surface area (TPSA) is 217 Å². The molecule has 0 aromatic heterocycles. The van der Waals surface area contributed by atoms with Crippen LogP contribution in [0.1, 0.15) is 82.6 Å². The summed E-state index contributed by atoms with van der Waals surface area (Å²) in [6.45, 7) is 34.2. The first-order valence-electron chi connectivity index (χ1n) is 18.7. The highest BCUT2D eigenvalue weighted by molar-refractivity contribution is 5.87. The molecule has 334 valence electrons. The molecule has 5 N–H and O–H groups in total. The molecule has 0 heterocycles. The summed E-state index contributed by atoms with van der Waals surface area (Å²) in [4.78, 5) is 65.8. The molecule has 0 spiro atoms. The lowest BCUT2D eigenvalue weighted by atomic mass is 10.0. The third kappa shape index (κ3) is 35.0. The molecule has 1 atom stereocenters. The van der Waals surface area contributed by atoms with Gasteiger partial charge in [0, 0.05) is 36.6 Å². The van der Waals surface area contributed by atoms with Crippen LogP contribution >= 0.6 is 0 Å². The number of alkyl carbamates (subject to hydrolysis) is 2. The van der Waals surface area contributed by atoms with E-state index in [1.54, 1.807) is 85.0 Å². The number of carbonyl (C=O) groups excluding carboxylic acids is 5. The lowest BCUT2D eigenvalue weighted by molar-refractivity contribution is -0.149. The van der Waals surface area contributed by atoms with Crippen LogP contribution in [0.4, 0.5) is 14.4 Å². The van der Waals surface area contributed by atoms with E-state index in [9.17, 15) is 28.8 Å². The molecule has 59 heavy (non-hydrogen) atoms. The van der Waals surface area contributed by atoms with Crippen molar-refractivity contribution < 1.29 is 57.6 Å². The van der Waals surface area contributed by atoms with Crippen LogP contribution in [-0.2, 0) is 38.1 Å². The maximum Gasteiger partial charge on any atom is 0.411 e. The van der Waals surface area contributed by atoms with Crippen LogP contribution in [0.2, 0.25) is 0 Å². The second kappa shape index (κ2) is 35.3. The molecule has 0 fully saturated rings. The zero-order valence-electron chi connectivity index (χ0n) is 37.4. The molecule has 1 unspecified atom stereocenters. The van der Waals surface area contributed by atoms with Gasteiger partial charge < -0.3 is 39.4 Å². The summed E-state index contributed by atoms with van der Waals surface area (Å²) in [6.07, 6.45) is 9.16. The second-order valence-corrected chi connectivity index (χ2v) is 13.1. The Hall–Kier alpha value is -5.90. The Labute approximate surface area is 351 Å². The van der Waals surface area contributed by atoms with Crippen molar-refractivity contribution in [3.8, 4) is 0 Å². The fourth-order valence-corrected chi connectivity index (χ4v) is 3.98. The largest absolute Gasteiger partial charge is 0.465 e. The Kier molecular flexibility index (Phi) is 35.7. The number of carboxylic acid groups (broad SMARTS) is 1. The van der Waals surface area contributed by atoms with E-state index in [4.69, 9.17) is 28.8 Å². The summed E-state index contributed by atoms with van der Waals surface area (Å²) in [7, 11) is 2.98. The Bertz CT molecular complexity index is 1440. The Morgan fingerprint density at radius 3 is 1.25 bits per heavy atom. The summed E-state index contributed by atoms with van der Waals surface area (Å²) in [5.74, 6) is -0.501. The number of esters is 2. The number of likely N-dealkylation sites (N-methyl/N-ethyl adjacent to an activating group) is 1. The van der Waals surface area contributed by atoms with Crippen molar-refractivity contribution in [2.45, 2.75) is 94.3 Å². The maximum absolute atomic E-state index is 11.5. The van der Waals surface area contributed by atoms with E-state index < -0.39 is 35.8 Å². The van der Waals surface area contributed by atoms with Gasteiger partial charge in [-0.3, -0.25) is 15.4 Å². The second-order valence-electron chi connectivity index (χ2n) is 13.1. The van der Waals surface area contributed by atoms with E-state index in [0.29, 0.717) is 28.5 Å². The van der Waals surface area contributed by atoms with Crippen molar-refractivity contribution >= 4 is 36.1 Å². The highest BCUT2D eigenvalue weighted by Gasteiger charge is 2.29. The van der Waals surface area contributed by atoms with E-state index in [1.807, 2.05) is 26.1 Å². The number of rotatable bonds is 19. The van der Waals surface area contributed by atoms with Gasteiger partial charge >= 0.3 is 30.2 Å². The van der Waals surface area contributed by atoms with Crippen molar-refractivity contribution in [1.82, 2.24) is 21.3 Å². The predicted octanol–water partition coefficient (Wildman–Crippen LogP) is 7.58. The fourth-order valence-electron chi connectivity index (χ4n) is 3.98. The van der Waals surface area contributed by atoms with Crippen molar-refractivity contribution in [3.63, 3.8) is 0 Å². The van der Waals surface area contributed by atoms with Crippen LogP contribution in [0.25, 0.3) is 0 Å². The van der Waals surface area contributed by atoms with E-state index in [0.717, 1.165) is 17.6 Å². The number of nitrogens with one attached hydrogen (secondary N) is 4. The minimum Gasteiger partial charge on any atom is -0.465 e. The van der Waals surface area contributed by atoms with Gasteiger partial charge in [-0.2, -0.15) is 0 Å². The van der Waals surface area contributed by atoms with E-state index in [2.05, 4.69) is 56.1 Å². The molecule has 0 aliphatic carbocycles. The molecule has 16 nitrogen and oxygen atoms in total. The van der Waals surface area contributed by atoms with Crippen LogP contribution < -0.4 is 21.3 Å². The molecule has 16 heteroatoms. The van der Waals surface area contributed by atoms with Gasteiger partial charge in [-0.05, 0) is 85.8 Å². The number of carbonyl (C=O) groups is 6. The predicted molar refractivity (Wildman–Crippen MR) is 231 cm³/mol. The van der Waals surface area contributed by atoms with Gasteiger partial charge in [0.2, 0.25) is 0 Å². The van der Waals surface area contributed by atoms with Crippen LogP contribution in [-0.4, -0.2) is 93.5 Å². The van der Waals surface area contributed by atoms with E-state index in [-0.39, 0.29) is 38.4 Å². The molecule has 0 bridgehead atoms. The third-order valence-electron chi connectivity index (χ3n) is 6.72. The zero-order chi connectivity index (χ0) is 46.7. The van der Waals surface area contributed by atoms with Crippen LogP contribution in [0, 0.1) is 5.92 Å². The summed E-state index contributed by atoms with van der Waals surface area (Å²) in [5.41, 5.74) is 2.85. The Balaban J connectivity index is -0.000000368. The number of hydrogen-bond donors (Lipinski definition) is 5. The average Bonchev–Trinajstić information content (AvgIpc) is 3.15. The van der Waals surface area contributed by atoms with Crippen LogP contribution in [0.5, 0.6) is 0 Å². The summed E-state index contributed by atoms with van der Waals surface area (Å²) in [6, 6.07) is 0. The Morgan fingerprint density at radius 1 is 0.661 bits per heavy atom. The lowest BCUT2D eigenvalue weighted by Gasteiger charge is -2.28. The van der Waals surface area contributed by atoms with Crippen molar-refractivity contribution in [1.29, 1.82) is 0 Å². The van der Waals surface area contributed by atoms with Gasteiger partial charge in [0.1, 0.15) is 32.0 Å². The van der Waals surface area contributed by atoms with Gasteiger partial charge in [0.25, 0.3) is 5.91 Å².